The third-order valence-corrected chi connectivity index (χ3v) is 4.14. The Morgan fingerprint density at radius 2 is 2.00 bits per heavy atom. The summed E-state index contributed by atoms with van der Waals surface area (Å²) < 4.78 is 10.2. The number of ether oxygens (including phenoxy) is 2. The zero-order valence-electron chi connectivity index (χ0n) is 15.1. The lowest BCUT2D eigenvalue weighted by molar-refractivity contribution is -0.133. The van der Waals surface area contributed by atoms with E-state index in [1.165, 1.54) is 0 Å². The molecule has 0 aromatic heterocycles. The second-order valence-corrected chi connectivity index (χ2v) is 6.64. The molecule has 0 atom stereocenters. The number of rotatable bonds is 5. The highest BCUT2D eigenvalue weighted by molar-refractivity contribution is 5.87. The van der Waals surface area contributed by atoms with Gasteiger partial charge in [0.25, 0.3) is 0 Å². The van der Waals surface area contributed by atoms with Gasteiger partial charge in [0.05, 0.1) is 12.1 Å². The monoisotopic (exact) mass is 341 g/mol. The predicted molar refractivity (Wildman–Crippen MR) is 96.4 cm³/mol. The number of carbonyl (C=O) groups is 2. The highest BCUT2D eigenvalue weighted by Gasteiger charge is 2.39. The minimum Gasteiger partial charge on any atom is -0.427 e. The van der Waals surface area contributed by atoms with Gasteiger partial charge in [-0.25, -0.2) is 9.59 Å². The Hall–Kier alpha value is -2.82. The van der Waals surface area contributed by atoms with Gasteiger partial charge in [-0.1, -0.05) is 36.9 Å². The van der Waals surface area contributed by atoms with Crippen molar-refractivity contribution in [1.82, 2.24) is 4.90 Å². The Morgan fingerprint density at radius 3 is 2.60 bits per heavy atom. The predicted octanol–water partition coefficient (Wildman–Crippen LogP) is 4.37. The summed E-state index contributed by atoms with van der Waals surface area (Å²) in [7, 11) is 0. The number of esters is 1. The fraction of sp³-hybridized carbons (Fsp3) is 0.300. The van der Waals surface area contributed by atoms with Crippen LogP contribution in [0.2, 0.25) is 0 Å². The van der Waals surface area contributed by atoms with Crippen LogP contribution in [0.3, 0.4) is 0 Å². The minimum atomic E-state index is -0.601. The molecule has 0 saturated carbocycles. The third kappa shape index (κ3) is 3.99. The normalized spacial score (nSPS) is 15.9. The van der Waals surface area contributed by atoms with E-state index in [0.29, 0.717) is 0 Å². The largest absolute Gasteiger partial charge is 0.427 e. The van der Waals surface area contributed by atoms with E-state index in [4.69, 9.17) is 9.47 Å². The van der Waals surface area contributed by atoms with Crippen molar-refractivity contribution in [3.05, 3.63) is 66.1 Å². The van der Waals surface area contributed by atoms with Crippen LogP contribution < -0.4 is 0 Å². The van der Waals surface area contributed by atoms with Gasteiger partial charge in [-0.15, -0.1) is 0 Å². The number of benzene rings is 1. The van der Waals surface area contributed by atoms with Crippen LogP contribution in [0.1, 0.15) is 38.8 Å². The van der Waals surface area contributed by atoms with Crippen LogP contribution in [0, 0.1) is 0 Å². The summed E-state index contributed by atoms with van der Waals surface area (Å²) >= 11 is 0. The zero-order valence-corrected chi connectivity index (χ0v) is 15.1. The molecule has 1 aliphatic rings. The van der Waals surface area contributed by atoms with Gasteiger partial charge >= 0.3 is 12.1 Å². The number of cyclic esters (lactones) is 1. The lowest BCUT2D eigenvalue weighted by atomic mass is 9.90. The fourth-order valence-electron chi connectivity index (χ4n) is 2.45. The first kappa shape index (κ1) is 18.5. The van der Waals surface area contributed by atoms with Crippen LogP contribution in [0.15, 0.2) is 55.0 Å². The summed E-state index contributed by atoms with van der Waals surface area (Å²) in [6, 6.07) is 7.89. The molecule has 1 saturated heterocycles. The van der Waals surface area contributed by atoms with E-state index >= 15 is 0 Å². The van der Waals surface area contributed by atoms with Crippen molar-refractivity contribution in [3.63, 3.8) is 0 Å². The smallest absolute Gasteiger partial charge is 0.416 e. The van der Waals surface area contributed by atoms with Gasteiger partial charge in [0, 0.05) is 5.57 Å². The highest BCUT2D eigenvalue weighted by Crippen LogP contribution is 2.34. The van der Waals surface area contributed by atoms with Crippen molar-refractivity contribution >= 4 is 17.6 Å². The minimum absolute atomic E-state index is 0.215. The Morgan fingerprint density at radius 1 is 1.32 bits per heavy atom. The second kappa shape index (κ2) is 6.97. The van der Waals surface area contributed by atoms with Crippen molar-refractivity contribution in [1.29, 1.82) is 0 Å². The van der Waals surface area contributed by atoms with E-state index < -0.39 is 17.6 Å². The Labute approximate surface area is 148 Å². The molecule has 2 rings (SSSR count). The van der Waals surface area contributed by atoms with E-state index in [0.717, 1.165) is 23.0 Å². The molecule has 0 spiro atoms. The Balaban J connectivity index is 2.22. The number of hydrogen-bond acceptors (Lipinski definition) is 4. The van der Waals surface area contributed by atoms with Gasteiger partial charge in [0.1, 0.15) is 6.26 Å². The molecule has 5 heteroatoms. The summed E-state index contributed by atoms with van der Waals surface area (Å²) in [6.07, 6.45) is 0.679. The van der Waals surface area contributed by atoms with Crippen molar-refractivity contribution in [3.8, 4) is 0 Å². The molecule has 0 unspecified atom stereocenters. The quantitative estimate of drug-likeness (QED) is 0.453. The Kier molecular flexibility index (Phi) is 5.16. The van der Waals surface area contributed by atoms with Crippen LogP contribution in [-0.2, 0) is 19.8 Å². The van der Waals surface area contributed by atoms with E-state index in [1.807, 2.05) is 45.0 Å². The first-order valence-electron chi connectivity index (χ1n) is 7.94. The zero-order chi connectivity index (χ0) is 18.8. The molecule has 1 aromatic carbocycles. The summed E-state index contributed by atoms with van der Waals surface area (Å²) in [5.41, 5.74) is 2.61. The Bertz CT molecular complexity index is 774. The van der Waals surface area contributed by atoms with Gasteiger partial charge in [0.15, 0.2) is 5.76 Å². The number of nitrogens with zero attached hydrogens (tertiary/aromatic N) is 1. The number of hydrogen-bond donors (Lipinski definition) is 0. The molecule has 1 aliphatic heterocycles. The van der Waals surface area contributed by atoms with E-state index in [1.54, 1.807) is 11.8 Å². The van der Waals surface area contributed by atoms with Gasteiger partial charge in [-0.2, -0.15) is 0 Å². The summed E-state index contributed by atoms with van der Waals surface area (Å²) in [4.78, 5) is 25.3. The first-order valence-corrected chi connectivity index (χ1v) is 7.94. The highest BCUT2D eigenvalue weighted by atomic mass is 16.6. The van der Waals surface area contributed by atoms with E-state index in [9.17, 15) is 9.59 Å². The van der Waals surface area contributed by atoms with Gasteiger partial charge in [-0.05, 0) is 44.9 Å². The van der Waals surface area contributed by atoms with Crippen LogP contribution in [-0.4, -0.2) is 23.5 Å². The van der Waals surface area contributed by atoms with E-state index in [2.05, 4.69) is 13.2 Å². The number of amides is 1. The standard InChI is InChI=1S/C20H23NO4/c1-13(2)15-8-7-9-16(10-15)20(5,6)21-11-17(25-19(21)23)12-24-18(22)14(3)4/h7-10,12H,1,3,11H2,2,4-6H3. The maximum Gasteiger partial charge on any atom is 0.416 e. The average molecular weight is 341 g/mol. The lowest BCUT2D eigenvalue weighted by Gasteiger charge is -2.34. The molecule has 0 radical (unpaired) electrons. The average Bonchev–Trinajstić information content (AvgIpc) is 2.94. The van der Waals surface area contributed by atoms with Crippen molar-refractivity contribution in [2.24, 2.45) is 0 Å². The number of carbonyl (C=O) groups excluding carboxylic acids is 2. The van der Waals surface area contributed by atoms with Crippen LogP contribution >= 0.6 is 0 Å². The van der Waals surface area contributed by atoms with Crippen LogP contribution in [0.25, 0.3) is 5.57 Å². The maximum atomic E-state index is 12.3. The van der Waals surface area contributed by atoms with Crippen molar-refractivity contribution < 1.29 is 19.1 Å². The SMILES string of the molecule is C=C(C)C(=O)OC=C1CN(C(C)(C)c2cccc(C(=C)C)c2)C(=O)O1. The maximum absolute atomic E-state index is 12.3. The van der Waals surface area contributed by atoms with Crippen molar-refractivity contribution in [2.45, 2.75) is 33.2 Å². The molecular weight excluding hydrogens is 318 g/mol. The molecule has 132 valence electrons. The van der Waals surface area contributed by atoms with Gasteiger partial charge in [0.2, 0.25) is 0 Å². The molecule has 5 nitrogen and oxygen atoms in total. The molecule has 1 heterocycles. The molecule has 0 aliphatic carbocycles. The van der Waals surface area contributed by atoms with E-state index in [-0.39, 0.29) is 17.9 Å². The molecule has 1 aromatic rings. The first-order chi connectivity index (χ1) is 11.6. The second-order valence-electron chi connectivity index (χ2n) is 6.64. The third-order valence-electron chi connectivity index (χ3n) is 4.14. The fourth-order valence-corrected chi connectivity index (χ4v) is 2.45. The summed E-state index contributed by atoms with van der Waals surface area (Å²) in [5, 5.41) is 0. The molecule has 1 amide bonds. The summed E-state index contributed by atoms with van der Waals surface area (Å²) in [6.45, 7) is 15.0. The molecule has 0 bridgehead atoms. The van der Waals surface area contributed by atoms with Crippen molar-refractivity contribution in [2.75, 3.05) is 6.54 Å². The van der Waals surface area contributed by atoms with Gasteiger partial charge < -0.3 is 9.47 Å². The lowest BCUT2D eigenvalue weighted by Crippen LogP contribution is -2.42. The topological polar surface area (TPSA) is 55.8 Å². The molecule has 0 N–H and O–H groups in total. The van der Waals surface area contributed by atoms with Crippen LogP contribution in [0.5, 0.6) is 0 Å². The number of allylic oxidation sites excluding steroid dienone is 1. The molecule has 25 heavy (non-hydrogen) atoms. The van der Waals surface area contributed by atoms with Crippen LogP contribution in [0.4, 0.5) is 4.79 Å². The molecular formula is C20H23NO4. The molecule has 1 fully saturated rings. The van der Waals surface area contributed by atoms with Gasteiger partial charge in [-0.3, -0.25) is 4.90 Å². The summed E-state index contributed by atoms with van der Waals surface area (Å²) in [5.74, 6) is -0.279.